The number of hydrogen-bond donors (Lipinski definition) is 7. The molecule has 1 aromatic rings. The third kappa shape index (κ3) is 14.0. The van der Waals surface area contributed by atoms with E-state index < -0.39 is 0 Å². The van der Waals surface area contributed by atoms with Gasteiger partial charge in [0.1, 0.15) is 5.75 Å². The number of benzene rings is 1. The Morgan fingerprint density at radius 1 is 1.00 bits per heavy atom. The minimum Gasteiger partial charge on any atom is -0.496 e. The number of methoxy groups -OCH3 is 1. The van der Waals surface area contributed by atoms with Crippen LogP contribution in [0.3, 0.4) is 0 Å². The van der Waals surface area contributed by atoms with E-state index >= 15 is 0 Å². The van der Waals surface area contributed by atoms with Crippen LogP contribution in [0.5, 0.6) is 5.75 Å². The van der Waals surface area contributed by atoms with Crippen LogP contribution in [0.15, 0.2) is 24.3 Å². The van der Waals surface area contributed by atoms with Gasteiger partial charge < -0.3 is 30.9 Å². The van der Waals surface area contributed by atoms with Gasteiger partial charge in [0.05, 0.1) is 7.11 Å². The zero-order chi connectivity index (χ0) is 29.5. The third-order valence-corrected chi connectivity index (χ3v) is 6.54. The number of guanidine groups is 2. The molecular formula is C28H50N8O2S. The molecule has 0 aliphatic rings. The van der Waals surface area contributed by atoms with E-state index in [1.807, 2.05) is 29.2 Å². The molecule has 0 saturated heterocycles. The zero-order valence-electron chi connectivity index (χ0n) is 24.8. The van der Waals surface area contributed by atoms with Crippen molar-refractivity contribution >= 4 is 35.3 Å². The number of nitrogens with zero attached hydrogens (tertiary/aromatic N) is 1. The molecule has 0 aromatic heterocycles. The first-order valence-electron chi connectivity index (χ1n) is 13.6. The average molecular weight is 563 g/mol. The monoisotopic (exact) mass is 562 g/mol. The maximum absolute atomic E-state index is 13.3. The van der Waals surface area contributed by atoms with Crippen molar-refractivity contribution in [1.82, 2.24) is 31.5 Å². The van der Waals surface area contributed by atoms with Gasteiger partial charge >= 0.3 is 6.03 Å². The van der Waals surface area contributed by atoms with Crippen molar-refractivity contribution in [3.63, 3.8) is 0 Å². The van der Waals surface area contributed by atoms with E-state index in [0.29, 0.717) is 31.3 Å². The summed E-state index contributed by atoms with van der Waals surface area (Å²) < 4.78 is 5.37. The molecule has 0 bridgehead atoms. The summed E-state index contributed by atoms with van der Waals surface area (Å²) in [5.41, 5.74) is 0.561. The largest absolute Gasteiger partial charge is 0.496 e. The highest BCUT2D eigenvalue weighted by molar-refractivity contribution is 7.80. The van der Waals surface area contributed by atoms with Gasteiger partial charge in [-0.3, -0.25) is 16.1 Å². The van der Waals surface area contributed by atoms with Crippen molar-refractivity contribution in [2.45, 2.75) is 73.3 Å². The highest BCUT2D eigenvalue weighted by Crippen LogP contribution is 2.34. The molecule has 0 atom stereocenters. The van der Waals surface area contributed by atoms with Gasteiger partial charge in [-0.25, -0.2) is 4.79 Å². The van der Waals surface area contributed by atoms with Crippen LogP contribution in [-0.4, -0.2) is 61.8 Å². The number of rotatable bonds is 14. The number of carbonyl (C=O) groups is 1. The van der Waals surface area contributed by atoms with Gasteiger partial charge in [0.2, 0.25) is 0 Å². The normalized spacial score (nSPS) is 11.3. The first-order valence-corrected chi connectivity index (χ1v) is 14.0. The Morgan fingerprint density at radius 3 is 2.31 bits per heavy atom. The lowest BCUT2D eigenvalue weighted by Gasteiger charge is -2.39. The number of amides is 2. The Bertz CT molecular complexity index is 951. The zero-order valence-corrected chi connectivity index (χ0v) is 25.7. The highest BCUT2D eigenvalue weighted by Gasteiger charge is 2.32. The van der Waals surface area contributed by atoms with Crippen LogP contribution in [0.4, 0.5) is 4.79 Å². The maximum Gasteiger partial charge on any atom is 0.324 e. The lowest BCUT2D eigenvalue weighted by molar-refractivity contribution is 0.130. The van der Waals surface area contributed by atoms with Gasteiger partial charge in [0.25, 0.3) is 0 Å². The lowest BCUT2D eigenvalue weighted by atomic mass is 9.74. The van der Waals surface area contributed by atoms with Gasteiger partial charge in [-0.1, -0.05) is 72.1 Å². The summed E-state index contributed by atoms with van der Waals surface area (Å²) in [5.74, 6) is 0.838. The number of thiocarbonyl (C=S) groups is 1. The molecule has 0 radical (unpaired) electrons. The Labute approximate surface area is 240 Å². The highest BCUT2D eigenvalue weighted by atomic mass is 32.1. The molecule has 0 saturated carbocycles. The molecule has 7 N–H and O–H groups in total. The number of hydrogen-bond acceptors (Lipinski definition) is 5. The van der Waals surface area contributed by atoms with Gasteiger partial charge in [0, 0.05) is 38.8 Å². The van der Waals surface area contributed by atoms with Gasteiger partial charge in [0.15, 0.2) is 17.0 Å². The van der Waals surface area contributed by atoms with Crippen molar-refractivity contribution in [3.05, 3.63) is 29.8 Å². The maximum atomic E-state index is 13.3. The van der Waals surface area contributed by atoms with Crippen LogP contribution >= 0.6 is 12.2 Å². The van der Waals surface area contributed by atoms with Crippen molar-refractivity contribution in [2.75, 3.05) is 33.8 Å². The Kier molecular flexibility index (Phi) is 14.6. The second kappa shape index (κ2) is 16.8. The van der Waals surface area contributed by atoms with E-state index in [1.54, 1.807) is 14.2 Å². The number of unbranched alkanes of at least 4 members (excludes halogenated alkanes) is 3. The molecule has 0 aliphatic carbocycles. The fourth-order valence-corrected chi connectivity index (χ4v) is 4.83. The van der Waals surface area contributed by atoms with E-state index in [9.17, 15) is 4.79 Å². The summed E-state index contributed by atoms with van der Waals surface area (Å²) in [6.07, 6.45) is 5.05. The van der Waals surface area contributed by atoms with Crippen molar-refractivity contribution in [3.8, 4) is 5.75 Å². The molecule has 11 heteroatoms. The molecular weight excluding hydrogens is 512 g/mol. The van der Waals surface area contributed by atoms with E-state index in [0.717, 1.165) is 43.4 Å². The van der Waals surface area contributed by atoms with Crippen LogP contribution in [0, 0.1) is 21.6 Å². The standard InChI is InChI=1S/C28H50N8O2S/c1-8-9-10-13-16-36(26(37)35-23(29)32-17-21-14-11-12-15-22(21)38-7)20-28(4,5)18-27(2,3)19-33-24(30)34-25(39)31-6/h11-12,14-15H,8-10,13,16-20H2,1-7H3,(H3,29,32,35,37)(H4,30,31,33,34,39). The fraction of sp³-hybridized carbons (Fsp3) is 0.643. The summed E-state index contributed by atoms with van der Waals surface area (Å²) >= 11 is 5.06. The molecule has 220 valence electrons. The third-order valence-electron chi connectivity index (χ3n) is 6.23. The Balaban J connectivity index is 2.78. The number of ether oxygens (including phenoxy) is 1. The van der Waals surface area contributed by atoms with Crippen molar-refractivity contribution in [2.24, 2.45) is 10.8 Å². The molecule has 39 heavy (non-hydrogen) atoms. The summed E-state index contributed by atoms with van der Waals surface area (Å²) in [5, 5.41) is 31.1. The van der Waals surface area contributed by atoms with Crippen LogP contribution < -0.4 is 31.3 Å². The second-order valence-corrected chi connectivity index (χ2v) is 11.8. The fourth-order valence-electron chi connectivity index (χ4n) is 4.72. The minimum atomic E-state index is -0.278. The average Bonchev–Trinajstić information content (AvgIpc) is 2.87. The smallest absolute Gasteiger partial charge is 0.324 e. The minimum absolute atomic E-state index is 0.0442. The van der Waals surface area contributed by atoms with Crippen LogP contribution in [0.25, 0.3) is 0 Å². The summed E-state index contributed by atoms with van der Waals surface area (Å²) in [6, 6.07) is 7.32. The number of nitrogens with one attached hydrogen (secondary N) is 7. The van der Waals surface area contributed by atoms with E-state index in [2.05, 4.69) is 61.2 Å². The number of para-hydroxylation sites is 1. The van der Waals surface area contributed by atoms with E-state index in [4.69, 9.17) is 27.8 Å². The first kappa shape index (κ1) is 33.9. The Hall–Kier alpha value is -3.08. The molecule has 1 aromatic carbocycles. The molecule has 0 spiro atoms. The molecule has 1 rings (SSSR count). The molecule has 2 amide bonds. The van der Waals surface area contributed by atoms with Gasteiger partial charge in [-0.2, -0.15) is 0 Å². The molecule has 0 heterocycles. The number of carbonyl (C=O) groups excluding carboxylic acids is 1. The van der Waals surface area contributed by atoms with E-state index in [1.165, 1.54) is 0 Å². The lowest BCUT2D eigenvalue weighted by Crippen LogP contribution is -2.51. The Morgan fingerprint density at radius 2 is 1.67 bits per heavy atom. The molecule has 10 nitrogen and oxygen atoms in total. The predicted octanol–water partition coefficient (Wildman–Crippen LogP) is 4.37. The summed E-state index contributed by atoms with van der Waals surface area (Å²) in [4.78, 5) is 15.1. The van der Waals surface area contributed by atoms with Crippen molar-refractivity contribution in [1.29, 1.82) is 10.8 Å². The first-order chi connectivity index (χ1) is 18.3. The van der Waals surface area contributed by atoms with Crippen LogP contribution in [0.1, 0.15) is 72.3 Å². The quantitative estimate of drug-likeness (QED) is 0.0774. The van der Waals surface area contributed by atoms with Crippen LogP contribution in [-0.2, 0) is 6.54 Å². The topological polar surface area (TPSA) is 137 Å². The predicted molar refractivity (Wildman–Crippen MR) is 165 cm³/mol. The van der Waals surface area contributed by atoms with Crippen LogP contribution in [0.2, 0.25) is 0 Å². The van der Waals surface area contributed by atoms with E-state index in [-0.39, 0.29) is 28.8 Å². The molecule has 0 aliphatic heterocycles. The molecule has 0 unspecified atom stereocenters. The number of urea groups is 1. The van der Waals surface area contributed by atoms with Gasteiger partial charge in [-0.15, -0.1) is 0 Å². The molecule has 0 fully saturated rings. The summed E-state index contributed by atoms with van der Waals surface area (Å²) in [7, 11) is 3.32. The summed E-state index contributed by atoms with van der Waals surface area (Å²) in [6.45, 7) is 12.9. The van der Waals surface area contributed by atoms with Crippen molar-refractivity contribution < 1.29 is 9.53 Å². The SMILES string of the molecule is CCCCCCN(CC(C)(C)CC(C)(C)CNC(=N)NC(=S)NC)C(=O)NC(=N)NCc1ccccc1OC. The van der Waals surface area contributed by atoms with Gasteiger partial charge in [-0.05, 0) is 42.0 Å². The second-order valence-electron chi connectivity index (χ2n) is 11.4.